The van der Waals surface area contributed by atoms with Crippen molar-refractivity contribution in [2.75, 3.05) is 49.6 Å². The van der Waals surface area contributed by atoms with Crippen molar-refractivity contribution in [2.24, 2.45) is 5.92 Å². The van der Waals surface area contributed by atoms with Crippen LogP contribution in [-0.2, 0) is 11.2 Å². The number of aromatic amines is 1. The van der Waals surface area contributed by atoms with Gasteiger partial charge < -0.3 is 19.9 Å². The minimum atomic E-state index is 0.716. The molecule has 2 atom stereocenters. The lowest BCUT2D eigenvalue weighted by molar-refractivity contribution is 0.108. The number of fused-ring (bicyclic) bond motifs is 3. The van der Waals surface area contributed by atoms with E-state index in [0.717, 1.165) is 69.0 Å². The number of hydrogen-bond acceptors (Lipinski definition) is 7. The van der Waals surface area contributed by atoms with E-state index >= 15 is 0 Å². The average molecular weight is 448 g/mol. The minimum Gasteiger partial charge on any atom is -0.378 e. The molecule has 2 unspecified atom stereocenters. The molecule has 0 saturated carbocycles. The fourth-order valence-electron chi connectivity index (χ4n) is 6.07. The highest BCUT2D eigenvalue weighted by Gasteiger charge is 2.40. The molecule has 8 nitrogen and oxygen atoms in total. The highest BCUT2D eigenvalue weighted by Crippen LogP contribution is 2.39. The van der Waals surface area contributed by atoms with Gasteiger partial charge >= 0.3 is 0 Å². The smallest absolute Gasteiger partial charge is 0.137 e. The summed E-state index contributed by atoms with van der Waals surface area (Å²) < 4.78 is 5.45. The zero-order valence-electron chi connectivity index (χ0n) is 19.1. The number of anilines is 2. The van der Waals surface area contributed by atoms with Crippen LogP contribution in [0.1, 0.15) is 31.2 Å². The molecule has 0 aromatic carbocycles. The molecule has 33 heavy (non-hydrogen) atoms. The van der Waals surface area contributed by atoms with Gasteiger partial charge in [-0.2, -0.15) is 0 Å². The average Bonchev–Trinajstić information content (AvgIpc) is 3.41. The number of rotatable bonds is 7. The highest BCUT2D eigenvalue weighted by atomic mass is 16.5. The molecule has 174 valence electrons. The molecule has 3 aromatic rings. The second kappa shape index (κ2) is 9.27. The van der Waals surface area contributed by atoms with Crippen LogP contribution in [0.5, 0.6) is 0 Å². The first-order valence-corrected chi connectivity index (χ1v) is 12.4. The number of piperidine rings is 1. The number of pyridine rings is 1. The Morgan fingerprint density at radius 2 is 1.91 bits per heavy atom. The Morgan fingerprint density at radius 3 is 2.76 bits per heavy atom. The molecule has 3 aliphatic rings. The predicted octanol–water partition coefficient (Wildman–Crippen LogP) is 3.09. The summed E-state index contributed by atoms with van der Waals surface area (Å²) in [5.41, 5.74) is 2.36. The molecule has 3 fully saturated rings. The molecule has 3 aliphatic heterocycles. The van der Waals surface area contributed by atoms with Gasteiger partial charge in [0.25, 0.3) is 0 Å². The van der Waals surface area contributed by atoms with Crippen LogP contribution in [0.3, 0.4) is 0 Å². The molecule has 3 aromatic heterocycles. The number of aromatic nitrogens is 4. The van der Waals surface area contributed by atoms with E-state index in [1.807, 2.05) is 6.20 Å². The van der Waals surface area contributed by atoms with E-state index in [-0.39, 0.29) is 0 Å². The summed E-state index contributed by atoms with van der Waals surface area (Å²) in [6.45, 7) is 5.32. The SMILES string of the molecule is c1nc(NCCN2C3CCC2CC(Cc2cnc4[nH]ccc4c2)C3)cc(N2CCOCC2)n1. The number of nitrogens with one attached hydrogen (secondary N) is 2. The molecule has 2 bridgehead atoms. The second-order valence-electron chi connectivity index (χ2n) is 9.71. The van der Waals surface area contributed by atoms with E-state index < -0.39 is 0 Å². The standard InChI is InChI=1S/C25H33N7O/c1-2-22-14-18(11-19-12-20-3-4-27-25(20)28-16-19)13-21(1)32(22)6-5-26-23-15-24(30-17-29-23)31-7-9-33-10-8-31/h3-4,12,15-18,21-22H,1-2,5-11,13-14H2,(H,27,28)(H,26,29,30). The number of nitrogens with zero attached hydrogens (tertiary/aromatic N) is 5. The van der Waals surface area contributed by atoms with E-state index in [1.165, 1.54) is 36.6 Å². The Kier molecular flexibility index (Phi) is 5.86. The lowest BCUT2D eigenvalue weighted by Crippen LogP contribution is -2.45. The lowest BCUT2D eigenvalue weighted by Gasteiger charge is -2.39. The van der Waals surface area contributed by atoms with Gasteiger partial charge in [0.15, 0.2) is 0 Å². The molecular formula is C25H33N7O. The quantitative estimate of drug-likeness (QED) is 0.576. The van der Waals surface area contributed by atoms with Crippen LogP contribution in [-0.4, -0.2) is 76.3 Å². The Bertz CT molecular complexity index is 1070. The van der Waals surface area contributed by atoms with E-state index in [1.54, 1.807) is 6.33 Å². The van der Waals surface area contributed by atoms with Gasteiger partial charge in [-0.1, -0.05) is 0 Å². The predicted molar refractivity (Wildman–Crippen MR) is 130 cm³/mol. The van der Waals surface area contributed by atoms with Crippen LogP contribution in [0.25, 0.3) is 11.0 Å². The van der Waals surface area contributed by atoms with Crippen LogP contribution < -0.4 is 10.2 Å². The molecule has 6 heterocycles. The van der Waals surface area contributed by atoms with Crippen LogP contribution in [0, 0.1) is 5.92 Å². The molecular weight excluding hydrogens is 414 g/mol. The Hall–Kier alpha value is -2.71. The van der Waals surface area contributed by atoms with Crippen molar-refractivity contribution in [1.29, 1.82) is 0 Å². The Balaban J connectivity index is 1.02. The first-order chi connectivity index (χ1) is 16.3. The Morgan fingerprint density at radius 1 is 1.06 bits per heavy atom. The van der Waals surface area contributed by atoms with Gasteiger partial charge in [0.2, 0.25) is 0 Å². The zero-order valence-corrected chi connectivity index (χ0v) is 19.1. The highest BCUT2D eigenvalue weighted by molar-refractivity contribution is 5.75. The fraction of sp³-hybridized carbons (Fsp3) is 0.560. The van der Waals surface area contributed by atoms with Gasteiger partial charge in [0, 0.05) is 62.1 Å². The molecule has 0 spiro atoms. The second-order valence-corrected chi connectivity index (χ2v) is 9.71. The number of hydrogen-bond donors (Lipinski definition) is 2. The number of ether oxygens (including phenoxy) is 1. The normalized spacial score (nSPS) is 25.6. The molecule has 0 radical (unpaired) electrons. The maximum Gasteiger partial charge on any atom is 0.137 e. The van der Waals surface area contributed by atoms with Gasteiger partial charge in [-0.25, -0.2) is 15.0 Å². The van der Waals surface area contributed by atoms with Crippen molar-refractivity contribution in [1.82, 2.24) is 24.8 Å². The Labute approximate surface area is 194 Å². The zero-order chi connectivity index (χ0) is 22.0. The third-order valence-electron chi connectivity index (χ3n) is 7.63. The topological polar surface area (TPSA) is 82.2 Å². The van der Waals surface area contributed by atoms with Gasteiger partial charge in [0.1, 0.15) is 23.6 Å². The van der Waals surface area contributed by atoms with Crippen LogP contribution in [0.4, 0.5) is 11.6 Å². The summed E-state index contributed by atoms with van der Waals surface area (Å²) in [5, 5.41) is 4.77. The molecule has 6 rings (SSSR count). The summed E-state index contributed by atoms with van der Waals surface area (Å²) in [7, 11) is 0. The van der Waals surface area contributed by atoms with Crippen LogP contribution in [0.15, 0.2) is 36.9 Å². The third-order valence-corrected chi connectivity index (χ3v) is 7.63. The molecule has 8 heteroatoms. The van der Waals surface area contributed by atoms with Gasteiger partial charge in [-0.05, 0) is 55.7 Å². The van der Waals surface area contributed by atoms with Gasteiger partial charge in [-0.3, -0.25) is 4.90 Å². The summed E-state index contributed by atoms with van der Waals surface area (Å²) in [5.74, 6) is 2.67. The summed E-state index contributed by atoms with van der Waals surface area (Å²) in [6.07, 6.45) is 12.1. The molecule has 3 saturated heterocycles. The molecule has 0 aliphatic carbocycles. The van der Waals surface area contributed by atoms with Crippen LogP contribution in [0.2, 0.25) is 0 Å². The maximum atomic E-state index is 5.45. The monoisotopic (exact) mass is 447 g/mol. The third kappa shape index (κ3) is 4.54. The van der Waals surface area contributed by atoms with E-state index in [2.05, 4.69) is 59.4 Å². The van der Waals surface area contributed by atoms with Crippen molar-refractivity contribution in [3.05, 3.63) is 42.5 Å². The largest absolute Gasteiger partial charge is 0.378 e. The van der Waals surface area contributed by atoms with Crippen LogP contribution >= 0.6 is 0 Å². The number of H-pyrrole nitrogens is 1. The summed E-state index contributed by atoms with van der Waals surface area (Å²) in [6, 6.07) is 7.93. The fourth-order valence-corrected chi connectivity index (χ4v) is 6.07. The van der Waals surface area contributed by atoms with E-state index in [9.17, 15) is 0 Å². The first kappa shape index (κ1) is 20.9. The van der Waals surface area contributed by atoms with E-state index in [4.69, 9.17) is 4.74 Å². The van der Waals surface area contributed by atoms with E-state index in [0.29, 0.717) is 12.1 Å². The maximum absolute atomic E-state index is 5.45. The van der Waals surface area contributed by atoms with Crippen molar-refractivity contribution >= 4 is 22.7 Å². The first-order valence-electron chi connectivity index (χ1n) is 12.4. The molecule has 2 N–H and O–H groups in total. The van der Waals surface area contributed by atoms with Crippen molar-refractivity contribution in [3.63, 3.8) is 0 Å². The lowest BCUT2D eigenvalue weighted by atomic mass is 9.86. The van der Waals surface area contributed by atoms with Crippen molar-refractivity contribution in [2.45, 2.75) is 44.2 Å². The van der Waals surface area contributed by atoms with Crippen molar-refractivity contribution in [3.8, 4) is 0 Å². The number of morpholine rings is 1. The van der Waals surface area contributed by atoms with Crippen molar-refractivity contribution < 1.29 is 4.74 Å². The molecule has 0 amide bonds. The van der Waals surface area contributed by atoms with Gasteiger partial charge in [0.05, 0.1) is 13.2 Å². The van der Waals surface area contributed by atoms with Gasteiger partial charge in [-0.15, -0.1) is 0 Å². The summed E-state index contributed by atoms with van der Waals surface area (Å²) >= 11 is 0. The summed E-state index contributed by atoms with van der Waals surface area (Å²) in [4.78, 5) is 21.7. The minimum absolute atomic E-state index is 0.716.